The van der Waals surface area contributed by atoms with Crippen molar-refractivity contribution in [3.63, 3.8) is 0 Å². The monoisotopic (exact) mass is 817 g/mol. The van der Waals surface area contributed by atoms with E-state index >= 15 is 4.39 Å². The van der Waals surface area contributed by atoms with Crippen LogP contribution in [0, 0.1) is 12.1 Å². The molecule has 0 fully saturated rings. The minimum atomic E-state index is -1.46. The number of imidazole rings is 1. The number of hydrogen-bond acceptors (Lipinski definition) is 4. The number of rotatable bonds is 3. The third-order valence-electron chi connectivity index (χ3n) is 9.96. The largest absolute Gasteiger partial charge is 2.00 e. The van der Waals surface area contributed by atoms with E-state index in [9.17, 15) is 0 Å². The molecule has 49 heavy (non-hydrogen) atoms. The molecule has 0 N–H and O–H groups in total. The Morgan fingerprint density at radius 3 is 2.43 bits per heavy atom. The smallest absolute Gasteiger partial charge is 0.456 e. The number of pyridine rings is 2. The number of alkyl halides is 1. The fourth-order valence-electron chi connectivity index (χ4n) is 7.58. The summed E-state index contributed by atoms with van der Waals surface area (Å²) in [6.07, 6.45) is 4.06. The molecule has 0 saturated carbocycles. The summed E-state index contributed by atoms with van der Waals surface area (Å²) < 4.78 is 25.1. The second-order valence-corrected chi connectivity index (χ2v) is 13.0. The Bertz CT molecular complexity index is 2760. The Labute approximate surface area is 295 Å². The molecule has 0 bridgehead atoms. The number of benzene rings is 5. The summed E-state index contributed by atoms with van der Waals surface area (Å²) in [5.74, 6) is 0.803. The van der Waals surface area contributed by atoms with Crippen molar-refractivity contribution in [1.82, 2.24) is 14.4 Å². The first kappa shape index (κ1) is 29.8. The van der Waals surface area contributed by atoms with Crippen molar-refractivity contribution in [2.45, 2.75) is 25.4 Å². The standard InChI is InChI=1S/C42H27FN4O.Pt/c1-42(2)33-13-8-18-44-41(33)47(36-23-31-30-12-4-6-15-37(30)48-38(31)24-34(36)42)27-10-7-9-25(21-27)39(43)26-16-17-28-29-11-3-5-14-35(29)46-20-19-45-40(46)32(28)22-26;/h3-20,23-24,39H,1-2H3;/q-2;+2. The van der Waals surface area contributed by atoms with Crippen molar-refractivity contribution in [3.05, 3.63) is 156 Å². The van der Waals surface area contributed by atoms with Gasteiger partial charge in [0.05, 0.1) is 11.3 Å². The summed E-state index contributed by atoms with van der Waals surface area (Å²) >= 11 is 0. The molecule has 9 aromatic rings. The van der Waals surface area contributed by atoms with E-state index in [2.05, 4.69) is 72.3 Å². The number of hydrogen-bond donors (Lipinski definition) is 0. The molecule has 1 unspecified atom stereocenters. The minimum Gasteiger partial charge on any atom is -0.456 e. The molecule has 1 aliphatic rings. The van der Waals surface area contributed by atoms with E-state index in [0.717, 1.165) is 71.9 Å². The molecule has 5 heterocycles. The second-order valence-electron chi connectivity index (χ2n) is 13.0. The summed E-state index contributed by atoms with van der Waals surface area (Å²) in [5, 5.41) is 4.92. The van der Waals surface area contributed by atoms with Crippen LogP contribution < -0.4 is 4.90 Å². The molecule has 1 aliphatic heterocycles. The molecule has 238 valence electrons. The topological polar surface area (TPSA) is 46.6 Å². The maximum Gasteiger partial charge on any atom is 2.00 e. The average molecular weight is 818 g/mol. The van der Waals surface area contributed by atoms with Crippen molar-refractivity contribution < 1.29 is 29.9 Å². The van der Waals surface area contributed by atoms with Gasteiger partial charge in [-0.15, -0.1) is 29.8 Å². The summed E-state index contributed by atoms with van der Waals surface area (Å²) in [4.78, 5) is 11.6. The van der Waals surface area contributed by atoms with Crippen molar-refractivity contribution in [2.75, 3.05) is 4.90 Å². The van der Waals surface area contributed by atoms with Crippen LogP contribution in [0.25, 0.3) is 49.3 Å². The van der Waals surface area contributed by atoms with Crippen LogP contribution in [-0.2, 0) is 26.5 Å². The van der Waals surface area contributed by atoms with E-state index in [1.165, 1.54) is 0 Å². The van der Waals surface area contributed by atoms with Crippen molar-refractivity contribution >= 4 is 66.5 Å². The molecule has 5 nitrogen and oxygen atoms in total. The maximum absolute atomic E-state index is 16.7. The Morgan fingerprint density at radius 2 is 1.53 bits per heavy atom. The van der Waals surface area contributed by atoms with E-state index < -0.39 is 6.17 Å². The van der Waals surface area contributed by atoms with Crippen LogP contribution in [0.5, 0.6) is 0 Å². The van der Waals surface area contributed by atoms with Crippen molar-refractivity contribution in [2.24, 2.45) is 0 Å². The SMILES string of the molecule is CC1(C)c2cc3oc4ccccc4c3cc2N(c2[c-]c(C(F)c3[c-]c4c(cc3)c3ccccc3n3ccnc43)ccc2)c2ncccc21.[Pt+2]. The summed E-state index contributed by atoms with van der Waals surface area (Å²) in [6, 6.07) is 41.0. The van der Waals surface area contributed by atoms with Gasteiger partial charge in [0, 0.05) is 45.9 Å². The van der Waals surface area contributed by atoms with Gasteiger partial charge < -0.3 is 13.7 Å². The van der Waals surface area contributed by atoms with Gasteiger partial charge in [-0.3, -0.25) is 4.98 Å². The van der Waals surface area contributed by atoms with Crippen LogP contribution in [0.4, 0.5) is 21.6 Å². The van der Waals surface area contributed by atoms with Gasteiger partial charge in [-0.05, 0) is 41.3 Å². The Morgan fingerprint density at radius 1 is 0.714 bits per heavy atom. The number of fused-ring (bicyclic) bond motifs is 11. The van der Waals surface area contributed by atoms with Crippen LogP contribution in [-0.4, -0.2) is 14.4 Å². The van der Waals surface area contributed by atoms with E-state index in [-0.39, 0.29) is 26.5 Å². The molecule has 7 heteroatoms. The second kappa shape index (κ2) is 10.8. The molecule has 0 radical (unpaired) electrons. The number of aromatic nitrogens is 3. The van der Waals surface area contributed by atoms with Gasteiger partial charge in [0.2, 0.25) is 0 Å². The van der Waals surface area contributed by atoms with Gasteiger partial charge in [-0.25, -0.2) is 9.37 Å². The van der Waals surface area contributed by atoms with Gasteiger partial charge >= 0.3 is 21.1 Å². The number of anilines is 3. The van der Waals surface area contributed by atoms with Gasteiger partial charge in [0.25, 0.3) is 0 Å². The molecule has 1 atom stereocenters. The number of halogens is 1. The molecule has 0 spiro atoms. The quantitative estimate of drug-likeness (QED) is 0.132. The molecule has 5 aromatic carbocycles. The van der Waals surface area contributed by atoms with Crippen molar-refractivity contribution in [1.29, 1.82) is 0 Å². The molecule has 4 aromatic heterocycles. The van der Waals surface area contributed by atoms with Crippen LogP contribution in [0.15, 0.2) is 126 Å². The van der Waals surface area contributed by atoms with E-state index in [1.54, 1.807) is 12.3 Å². The van der Waals surface area contributed by atoms with Crippen LogP contribution in [0.3, 0.4) is 0 Å². The van der Waals surface area contributed by atoms with Gasteiger partial charge in [-0.2, -0.15) is 18.2 Å². The summed E-state index contributed by atoms with van der Waals surface area (Å²) in [6.45, 7) is 4.43. The number of nitrogens with zero attached hydrogens (tertiary/aromatic N) is 4. The first-order chi connectivity index (χ1) is 23.5. The number of furan rings is 1. The zero-order chi connectivity index (χ0) is 32.1. The van der Waals surface area contributed by atoms with Gasteiger partial charge in [0.15, 0.2) is 0 Å². The van der Waals surface area contributed by atoms with Crippen LogP contribution in [0.1, 0.15) is 42.3 Å². The van der Waals surface area contributed by atoms with Crippen molar-refractivity contribution in [3.8, 4) is 0 Å². The van der Waals surface area contributed by atoms with E-state index in [0.29, 0.717) is 16.8 Å². The van der Waals surface area contributed by atoms with E-state index in [1.807, 2.05) is 77.5 Å². The van der Waals surface area contributed by atoms with Crippen LogP contribution >= 0.6 is 0 Å². The fourth-order valence-corrected chi connectivity index (χ4v) is 7.58. The molecular weight excluding hydrogens is 791 g/mol. The Balaban J connectivity index is 0.00000325. The minimum absolute atomic E-state index is 0. The van der Waals surface area contributed by atoms with E-state index in [4.69, 9.17) is 9.40 Å². The predicted octanol–water partition coefficient (Wildman–Crippen LogP) is 10.7. The zero-order valence-corrected chi connectivity index (χ0v) is 28.8. The Kier molecular flexibility index (Phi) is 6.59. The summed E-state index contributed by atoms with van der Waals surface area (Å²) in [5.41, 5.74) is 7.83. The van der Waals surface area contributed by atoms with Gasteiger partial charge in [0.1, 0.15) is 23.2 Å². The van der Waals surface area contributed by atoms with Crippen LogP contribution in [0.2, 0.25) is 0 Å². The molecular formula is C42H27FN4OPt. The maximum atomic E-state index is 16.7. The fraction of sp³-hybridized carbons (Fsp3) is 0.0952. The molecule has 0 amide bonds. The molecule has 10 rings (SSSR count). The third-order valence-corrected chi connectivity index (χ3v) is 9.96. The zero-order valence-electron chi connectivity index (χ0n) is 26.5. The Hall–Kier alpha value is -5.32. The number of para-hydroxylation sites is 2. The molecule has 0 aliphatic carbocycles. The first-order valence-corrected chi connectivity index (χ1v) is 16.0. The normalized spacial score (nSPS) is 14.3. The summed E-state index contributed by atoms with van der Waals surface area (Å²) in [7, 11) is 0. The molecule has 0 saturated heterocycles. The third kappa shape index (κ3) is 4.27. The first-order valence-electron chi connectivity index (χ1n) is 16.0. The van der Waals surface area contributed by atoms with Gasteiger partial charge in [-0.1, -0.05) is 78.3 Å². The predicted molar refractivity (Wildman–Crippen MR) is 189 cm³/mol. The average Bonchev–Trinajstić information content (AvgIpc) is 3.77.